The van der Waals surface area contributed by atoms with Crippen molar-refractivity contribution in [3.05, 3.63) is 10.7 Å². The average Bonchev–Trinajstić information content (AvgIpc) is 2.65. The van der Waals surface area contributed by atoms with Crippen molar-refractivity contribution in [2.75, 3.05) is 17.2 Å². The molecule has 1 heterocycles. The lowest BCUT2D eigenvalue weighted by molar-refractivity contribution is 0.455. The maximum absolute atomic E-state index is 4.59. The van der Waals surface area contributed by atoms with E-state index in [9.17, 15) is 0 Å². The Bertz CT molecular complexity index is 424. The summed E-state index contributed by atoms with van der Waals surface area (Å²) in [6.45, 7) is 5.38. The molecule has 1 fully saturated rings. The second kappa shape index (κ2) is 7.81. The third-order valence-corrected chi connectivity index (χ3v) is 4.54. The van der Waals surface area contributed by atoms with Crippen LogP contribution in [0.25, 0.3) is 0 Å². The van der Waals surface area contributed by atoms with Crippen LogP contribution in [0.2, 0.25) is 0 Å². The monoisotopic (exact) mass is 340 g/mol. The van der Waals surface area contributed by atoms with Gasteiger partial charge in [-0.25, -0.2) is 4.98 Å². The Kier molecular flexibility index (Phi) is 6.07. The largest absolute Gasteiger partial charge is 0.366 e. The van der Waals surface area contributed by atoms with Gasteiger partial charge < -0.3 is 10.6 Å². The molecule has 0 amide bonds. The lowest BCUT2D eigenvalue weighted by atomic mass is 9.97. The molecule has 2 atom stereocenters. The zero-order valence-corrected chi connectivity index (χ0v) is 14.0. The SMILES string of the molecule is CCCNc1ncc(Br)c(NC2CCCCCC2C)n1. The standard InChI is InChI=1S/C15H25BrN4/c1-3-9-17-15-18-10-12(16)14(20-15)19-13-8-6-4-5-7-11(13)2/h10-11,13H,3-9H2,1-2H3,(H2,17,18,19,20). The van der Waals surface area contributed by atoms with Crippen molar-refractivity contribution in [3.63, 3.8) is 0 Å². The van der Waals surface area contributed by atoms with Crippen LogP contribution in [-0.2, 0) is 0 Å². The number of rotatable bonds is 5. The van der Waals surface area contributed by atoms with E-state index in [2.05, 4.69) is 50.4 Å². The minimum absolute atomic E-state index is 0.516. The molecule has 2 N–H and O–H groups in total. The number of hydrogen-bond donors (Lipinski definition) is 2. The summed E-state index contributed by atoms with van der Waals surface area (Å²) in [5.74, 6) is 2.32. The molecule has 1 aliphatic carbocycles. The summed E-state index contributed by atoms with van der Waals surface area (Å²) in [4.78, 5) is 8.89. The molecule has 0 bridgehead atoms. The highest BCUT2D eigenvalue weighted by atomic mass is 79.9. The van der Waals surface area contributed by atoms with Crippen molar-refractivity contribution in [1.82, 2.24) is 9.97 Å². The first-order valence-electron chi connectivity index (χ1n) is 7.73. The van der Waals surface area contributed by atoms with Gasteiger partial charge in [-0.05, 0) is 41.1 Å². The van der Waals surface area contributed by atoms with Gasteiger partial charge >= 0.3 is 0 Å². The van der Waals surface area contributed by atoms with Crippen molar-refractivity contribution in [2.24, 2.45) is 5.92 Å². The Morgan fingerprint density at radius 2 is 2.10 bits per heavy atom. The molecule has 0 spiro atoms. The van der Waals surface area contributed by atoms with Gasteiger partial charge in [-0.2, -0.15) is 4.98 Å². The van der Waals surface area contributed by atoms with Gasteiger partial charge in [-0.15, -0.1) is 0 Å². The Hall–Kier alpha value is -0.840. The van der Waals surface area contributed by atoms with Crippen molar-refractivity contribution in [3.8, 4) is 0 Å². The van der Waals surface area contributed by atoms with E-state index in [0.717, 1.165) is 23.3 Å². The summed E-state index contributed by atoms with van der Waals surface area (Å²) in [5, 5.41) is 6.86. The third-order valence-electron chi connectivity index (χ3n) is 3.96. The molecule has 2 unspecified atom stereocenters. The molecule has 2 rings (SSSR count). The highest BCUT2D eigenvalue weighted by Gasteiger charge is 2.21. The van der Waals surface area contributed by atoms with Crippen LogP contribution < -0.4 is 10.6 Å². The van der Waals surface area contributed by atoms with E-state index >= 15 is 0 Å². The maximum Gasteiger partial charge on any atom is 0.224 e. The molecule has 0 aliphatic heterocycles. The number of nitrogens with zero attached hydrogens (tertiary/aromatic N) is 2. The quantitative estimate of drug-likeness (QED) is 0.778. The first-order valence-corrected chi connectivity index (χ1v) is 8.53. The Labute approximate surface area is 130 Å². The van der Waals surface area contributed by atoms with Crippen LogP contribution in [0, 0.1) is 5.92 Å². The predicted octanol–water partition coefficient (Wildman–Crippen LogP) is 4.44. The molecule has 1 saturated carbocycles. The molecule has 5 heteroatoms. The van der Waals surface area contributed by atoms with E-state index in [0.29, 0.717) is 17.9 Å². The minimum atomic E-state index is 0.516. The molecule has 4 nitrogen and oxygen atoms in total. The fraction of sp³-hybridized carbons (Fsp3) is 0.733. The van der Waals surface area contributed by atoms with Gasteiger partial charge in [0.2, 0.25) is 5.95 Å². The van der Waals surface area contributed by atoms with Gasteiger partial charge in [0, 0.05) is 18.8 Å². The molecule has 0 aromatic carbocycles. The zero-order chi connectivity index (χ0) is 14.4. The lowest BCUT2D eigenvalue weighted by Crippen LogP contribution is -2.27. The normalized spacial score (nSPS) is 23.1. The smallest absolute Gasteiger partial charge is 0.224 e. The number of aromatic nitrogens is 2. The first kappa shape index (κ1) is 15.5. The van der Waals surface area contributed by atoms with Gasteiger partial charge in [0.1, 0.15) is 5.82 Å². The second-order valence-electron chi connectivity index (χ2n) is 5.68. The summed E-state index contributed by atoms with van der Waals surface area (Å²) in [5.41, 5.74) is 0. The summed E-state index contributed by atoms with van der Waals surface area (Å²) in [7, 11) is 0. The summed E-state index contributed by atoms with van der Waals surface area (Å²) < 4.78 is 0.941. The number of nitrogens with one attached hydrogen (secondary N) is 2. The fourth-order valence-electron chi connectivity index (χ4n) is 2.67. The Balaban J connectivity index is 2.06. The van der Waals surface area contributed by atoms with Crippen LogP contribution in [0.5, 0.6) is 0 Å². The summed E-state index contributed by atoms with van der Waals surface area (Å²) in [6.07, 6.45) is 9.46. The van der Waals surface area contributed by atoms with Crippen molar-refractivity contribution >= 4 is 27.7 Å². The molecule has 1 aromatic heterocycles. The van der Waals surface area contributed by atoms with Gasteiger partial charge in [-0.1, -0.05) is 33.1 Å². The highest BCUT2D eigenvalue weighted by Crippen LogP contribution is 2.28. The molecular formula is C15H25BrN4. The van der Waals surface area contributed by atoms with Gasteiger partial charge in [-0.3, -0.25) is 0 Å². The molecule has 20 heavy (non-hydrogen) atoms. The Morgan fingerprint density at radius 3 is 2.90 bits per heavy atom. The zero-order valence-electron chi connectivity index (χ0n) is 12.5. The second-order valence-corrected chi connectivity index (χ2v) is 6.54. The van der Waals surface area contributed by atoms with Crippen molar-refractivity contribution in [1.29, 1.82) is 0 Å². The van der Waals surface area contributed by atoms with Crippen molar-refractivity contribution in [2.45, 2.75) is 58.4 Å². The van der Waals surface area contributed by atoms with Gasteiger partial charge in [0.15, 0.2) is 0 Å². The molecule has 0 saturated heterocycles. The summed E-state index contributed by atoms with van der Waals surface area (Å²) in [6, 6.07) is 0.516. The minimum Gasteiger partial charge on any atom is -0.366 e. The molecule has 1 aromatic rings. The van der Waals surface area contributed by atoms with Crippen LogP contribution in [0.15, 0.2) is 10.7 Å². The lowest BCUT2D eigenvalue weighted by Gasteiger charge is -2.24. The van der Waals surface area contributed by atoms with Gasteiger partial charge in [0.25, 0.3) is 0 Å². The topological polar surface area (TPSA) is 49.8 Å². The molecule has 0 radical (unpaired) electrons. The highest BCUT2D eigenvalue weighted by molar-refractivity contribution is 9.10. The van der Waals surface area contributed by atoms with Crippen LogP contribution in [0.1, 0.15) is 52.4 Å². The predicted molar refractivity (Wildman–Crippen MR) is 88.2 cm³/mol. The van der Waals surface area contributed by atoms with E-state index in [4.69, 9.17) is 0 Å². The maximum atomic E-state index is 4.59. The summed E-state index contributed by atoms with van der Waals surface area (Å²) >= 11 is 3.55. The fourth-order valence-corrected chi connectivity index (χ4v) is 2.98. The molecule has 1 aliphatic rings. The van der Waals surface area contributed by atoms with Crippen LogP contribution >= 0.6 is 15.9 Å². The Morgan fingerprint density at radius 1 is 1.30 bits per heavy atom. The van der Waals surface area contributed by atoms with E-state index < -0.39 is 0 Å². The van der Waals surface area contributed by atoms with E-state index in [1.54, 1.807) is 0 Å². The van der Waals surface area contributed by atoms with E-state index in [1.165, 1.54) is 32.1 Å². The van der Waals surface area contributed by atoms with Crippen molar-refractivity contribution < 1.29 is 0 Å². The number of halogens is 1. The number of hydrogen-bond acceptors (Lipinski definition) is 4. The van der Waals surface area contributed by atoms with Crippen LogP contribution in [0.4, 0.5) is 11.8 Å². The molecular weight excluding hydrogens is 316 g/mol. The third kappa shape index (κ3) is 4.33. The van der Waals surface area contributed by atoms with E-state index in [-0.39, 0.29) is 0 Å². The van der Waals surface area contributed by atoms with Gasteiger partial charge in [0.05, 0.1) is 4.47 Å². The molecule has 112 valence electrons. The first-order chi connectivity index (χ1) is 9.70. The van der Waals surface area contributed by atoms with Crippen LogP contribution in [0.3, 0.4) is 0 Å². The average molecular weight is 341 g/mol. The number of anilines is 2. The van der Waals surface area contributed by atoms with E-state index in [1.807, 2.05) is 6.20 Å². The van der Waals surface area contributed by atoms with Crippen LogP contribution in [-0.4, -0.2) is 22.6 Å².